The van der Waals surface area contributed by atoms with Crippen LogP contribution < -0.4 is 16.2 Å². The number of rotatable bonds is 7. The van der Waals surface area contributed by atoms with Gasteiger partial charge in [0.15, 0.2) is 0 Å². The van der Waals surface area contributed by atoms with Crippen molar-refractivity contribution in [2.24, 2.45) is 5.73 Å². The minimum atomic E-state index is 0.561. The molecule has 0 aliphatic heterocycles. The number of nitrogens with zero attached hydrogens (tertiary/aromatic N) is 2. The van der Waals surface area contributed by atoms with Gasteiger partial charge in [-0.1, -0.05) is 18.6 Å². The summed E-state index contributed by atoms with van der Waals surface area (Å²) in [5.41, 5.74) is 15.1. The minimum Gasteiger partial charge on any atom is -0.497 e. The SMILES string of the molecule is COc1cccc(-c2cn(CCCCCN)c3ccnc(N)c23)c1. The molecule has 0 aliphatic carbocycles. The molecule has 24 heavy (non-hydrogen) atoms. The summed E-state index contributed by atoms with van der Waals surface area (Å²) in [6.45, 7) is 1.70. The number of methoxy groups -OCH3 is 1. The number of pyridine rings is 1. The van der Waals surface area contributed by atoms with Crippen LogP contribution in [0, 0.1) is 0 Å². The van der Waals surface area contributed by atoms with E-state index in [9.17, 15) is 0 Å². The van der Waals surface area contributed by atoms with Crippen LogP contribution in [0.3, 0.4) is 0 Å². The van der Waals surface area contributed by atoms with E-state index in [0.29, 0.717) is 5.82 Å². The highest BCUT2D eigenvalue weighted by atomic mass is 16.5. The van der Waals surface area contributed by atoms with Crippen molar-refractivity contribution in [1.29, 1.82) is 0 Å². The molecule has 126 valence electrons. The molecule has 5 heteroatoms. The van der Waals surface area contributed by atoms with E-state index in [1.165, 1.54) is 0 Å². The smallest absolute Gasteiger partial charge is 0.133 e. The maximum Gasteiger partial charge on any atom is 0.133 e. The van der Waals surface area contributed by atoms with Crippen LogP contribution in [0.4, 0.5) is 5.82 Å². The second-order valence-corrected chi connectivity index (χ2v) is 5.91. The van der Waals surface area contributed by atoms with E-state index >= 15 is 0 Å². The molecule has 0 fully saturated rings. The standard InChI is InChI=1S/C19H24N4O/c1-24-15-7-5-6-14(12-15)16-13-23(11-4-2-3-9-20)17-8-10-22-19(21)18(16)17/h5-8,10,12-13H,2-4,9,11,20H2,1H3,(H2,21,22). The Balaban J connectivity index is 2.03. The average Bonchev–Trinajstić information content (AvgIpc) is 2.99. The highest BCUT2D eigenvalue weighted by molar-refractivity contribution is 6.02. The molecule has 2 heterocycles. The first-order valence-electron chi connectivity index (χ1n) is 8.32. The summed E-state index contributed by atoms with van der Waals surface area (Å²) in [6.07, 6.45) is 7.22. The molecule has 4 N–H and O–H groups in total. The average molecular weight is 324 g/mol. The van der Waals surface area contributed by atoms with Crippen molar-refractivity contribution in [1.82, 2.24) is 9.55 Å². The number of benzene rings is 1. The number of anilines is 1. The van der Waals surface area contributed by atoms with Crippen LogP contribution in [0.1, 0.15) is 19.3 Å². The Morgan fingerprint density at radius 3 is 2.83 bits per heavy atom. The Labute approximate surface area is 142 Å². The normalized spacial score (nSPS) is 11.1. The lowest BCUT2D eigenvalue weighted by molar-refractivity contribution is 0.415. The van der Waals surface area contributed by atoms with Gasteiger partial charge in [0.05, 0.1) is 12.6 Å². The molecule has 0 amide bonds. The molecular formula is C19H24N4O. The predicted octanol–water partition coefficient (Wildman–Crippen LogP) is 3.42. The summed E-state index contributed by atoms with van der Waals surface area (Å²) in [4.78, 5) is 4.28. The maximum absolute atomic E-state index is 6.18. The fourth-order valence-corrected chi connectivity index (χ4v) is 3.07. The molecule has 0 aliphatic rings. The Morgan fingerprint density at radius 2 is 2.04 bits per heavy atom. The highest BCUT2D eigenvalue weighted by Gasteiger charge is 2.14. The van der Waals surface area contributed by atoms with Crippen molar-refractivity contribution >= 4 is 16.7 Å². The van der Waals surface area contributed by atoms with Crippen molar-refractivity contribution in [2.75, 3.05) is 19.4 Å². The van der Waals surface area contributed by atoms with Crippen molar-refractivity contribution in [3.05, 3.63) is 42.7 Å². The third-order valence-electron chi connectivity index (χ3n) is 4.31. The van der Waals surface area contributed by atoms with Crippen molar-refractivity contribution in [3.63, 3.8) is 0 Å². The van der Waals surface area contributed by atoms with Gasteiger partial charge >= 0.3 is 0 Å². The molecule has 0 spiro atoms. The number of nitrogen functional groups attached to an aromatic ring is 1. The van der Waals surface area contributed by atoms with Gasteiger partial charge in [-0.2, -0.15) is 0 Å². The quantitative estimate of drug-likeness (QED) is 0.653. The molecule has 5 nitrogen and oxygen atoms in total. The van der Waals surface area contributed by atoms with E-state index in [-0.39, 0.29) is 0 Å². The molecule has 0 saturated heterocycles. The van der Waals surface area contributed by atoms with Gasteiger partial charge < -0.3 is 20.8 Å². The number of nitrogens with two attached hydrogens (primary N) is 2. The fourth-order valence-electron chi connectivity index (χ4n) is 3.07. The molecular weight excluding hydrogens is 300 g/mol. The van der Waals surface area contributed by atoms with Crippen LogP contribution in [-0.4, -0.2) is 23.2 Å². The molecule has 3 rings (SSSR count). The lowest BCUT2D eigenvalue weighted by atomic mass is 10.1. The summed E-state index contributed by atoms with van der Waals surface area (Å²) in [7, 11) is 1.68. The molecule has 1 aromatic carbocycles. The maximum atomic E-state index is 6.18. The summed E-state index contributed by atoms with van der Waals surface area (Å²) in [5.74, 6) is 1.39. The molecule has 0 saturated carbocycles. The van der Waals surface area contributed by atoms with E-state index in [4.69, 9.17) is 16.2 Å². The molecule has 3 aromatic rings. The van der Waals surface area contributed by atoms with Gasteiger partial charge in [0.2, 0.25) is 0 Å². The van der Waals surface area contributed by atoms with Crippen LogP contribution >= 0.6 is 0 Å². The van der Waals surface area contributed by atoms with Gasteiger partial charge in [0.1, 0.15) is 11.6 Å². The van der Waals surface area contributed by atoms with E-state index in [1.807, 2.05) is 24.3 Å². The van der Waals surface area contributed by atoms with Crippen LogP contribution in [0.25, 0.3) is 22.0 Å². The number of aromatic nitrogens is 2. The first kappa shape index (κ1) is 16.3. The third kappa shape index (κ3) is 3.21. The number of hydrogen-bond acceptors (Lipinski definition) is 4. The zero-order chi connectivity index (χ0) is 16.9. The van der Waals surface area contributed by atoms with Crippen molar-refractivity contribution in [2.45, 2.75) is 25.8 Å². The lowest BCUT2D eigenvalue weighted by Crippen LogP contribution is -2.01. The third-order valence-corrected chi connectivity index (χ3v) is 4.31. The number of hydrogen-bond donors (Lipinski definition) is 2. The predicted molar refractivity (Wildman–Crippen MR) is 99.0 cm³/mol. The zero-order valence-corrected chi connectivity index (χ0v) is 14.0. The number of aryl methyl sites for hydroxylation is 1. The van der Waals surface area contributed by atoms with Crippen LogP contribution in [0.15, 0.2) is 42.7 Å². The summed E-state index contributed by atoms with van der Waals surface area (Å²) in [6, 6.07) is 10.1. The van der Waals surface area contributed by atoms with Gasteiger partial charge in [0.25, 0.3) is 0 Å². The second kappa shape index (κ2) is 7.36. The topological polar surface area (TPSA) is 79.1 Å². The summed E-state index contributed by atoms with van der Waals surface area (Å²) >= 11 is 0. The van der Waals surface area contributed by atoms with Crippen LogP contribution in [0.5, 0.6) is 5.75 Å². The highest BCUT2D eigenvalue weighted by Crippen LogP contribution is 2.35. The molecule has 0 bridgehead atoms. The zero-order valence-electron chi connectivity index (χ0n) is 14.0. The van der Waals surface area contributed by atoms with Crippen molar-refractivity contribution in [3.8, 4) is 16.9 Å². The first-order chi connectivity index (χ1) is 11.7. The molecule has 2 aromatic heterocycles. The van der Waals surface area contributed by atoms with Gasteiger partial charge in [-0.15, -0.1) is 0 Å². The van der Waals surface area contributed by atoms with E-state index < -0.39 is 0 Å². The Kier molecular flexibility index (Phi) is 5.01. The van der Waals surface area contributed by atoms with E-state index in [0.717, 1.165) is 60.1 Å². The first-order valence-corrected chi connectivity index (χ1v) is 8.32. The van der Waals surface area contributed by atoms with Crippen LogP contribution in [-0.2, 0) is 6.54 Å². The van der Waals surface area contributed by atoms with Crippen LogP contribution in [0.2, 0.25) is 0 Å². The lowest BCUT2D eigenvalue weighted by Gasteiger charge is -2.05. The number of unbranched alkanes of at least 4 members (excludes halogenated alkanes) is 2. The summed E-state index contributed by atoms with van der Waals surface area (Å²) < 4.78 is 7.61. The fraction of sp³-hybridized carbons (Fsp3) is 0.316. The van der Waals surface area contributed by atoms with E-state index in [1.54, 1.807) is 13.3 Å². The Bertz CT molecular complexity index is 825. The molecule has 0 radical (unpaired) electrons. The van der Waals surface area contributed by atoms with Crippen molar-refractivity contribution < 1.29 is 4.74 Å². The largest absolute Gasteiger partial charge is 0.497 e. The van der Waals surface area contributed by atoms with Gasteiger partial charge in [0, 0.05) is 29.9 Å². The molecule has 0 atom stereocenters. The van der Waals surface area contributed by atoms with Gasteiger partial charge in [-0.05, 0) is 43.1 Å². The monoisotopic (exact) mass is 324 g/mol. The number of fused-ring (bicyclic) bond motifs is 1. The second-order valence-electron chi connectivity index (χ2n) is 5.91. The number of ether oxygens (including phenoxy) is 1. The Hall–Kier alpha value is -2.53. The van der Waals surface area contributed by atoms with E-state index in [2.05, 4.69) is 21.8 Å². The minimum absolute atomic E-state index is 0.561. The molecule has 0 unspecified atom stereocenters. The van der Waals surface area contributed by atoms with Gasteiger partial charge in [-0.3, -0.25) is 0 Å². The van der Waals surface area contributed by atoms with Gasteiger partial charge in [-0.25, -0.2) is 4.98 Å². The summed E-state index contributed by atoms with van der Waals surface area (Å²) in [5, 5.41) is 1.00. The Morgan fingerprint density at radius 1 is 1.17 bits per heavy atom.